The fourth-order valence-electron chi connectivity index (χ4n) is 2.12. The first-order valence-corrected chi connectivity index (χ1v) is 6.47. The molecule has 1 aromatic carbocycles. The highest BCUT2D eigenvalue weighted by Crippen LogP contribution is 2.22. The minimum Gasteiger partial charge on any atom is -0.464 e. The van der Waals surface area contributed by atoms with Gasteiger partial charge in [-0.15, -0.1) is 0 Å². The van der Waals surface area contributed by atoms with Crippen LogP contribution in [0.4, 0.5) is 0 Å². The summed E-state index contributed by atoms with van der Waals surface area (Å²) in [5.74, 6) is 2.40. The lowest BCUT2D eigenvalue weighted by molar-refractivity contribution is 0.466. The van der Waals surface area contributed by atoms with Crippen molar-refractivity contribution in [3.05, 3.63) is 59.0 Å². The molecule has 0 spiro atoms. The Hall–Kier alpha value is -1.54. The zero-order chi connectivity index (χ0) is 13.1. The van der Waals surface area contributed by atoms with Gasteiger partial charge in [-0.05, 0) is 42.5 Å². The molecule has 0 aliphatic heterocycles. The third-order valence-corrected chi connectivity index (χ3v) is 3.05. The molecule has 0 fully saturated rings. The van der Waals surface area contributed by atoms with Gasteiger partial charge in [0.1, 0.15) is 11.5 Å². The Morgan fingerprint density at radius 1 is 1.06 bits per heavy atom. The number of benzene rings is 1. The van der Waals surface area contributed by atoms with Crippen molar-refractivity contribution >= 4 is 0 Å². The SMILES string of the molecule is Cc1ccc(C(N)c2ccc(CC(C)C)cc2)o1. The number of hydrogen-bond donors (Lipinski definition) is 1. The summed E-state index contributed by atoms with van der Waals surface area (Å²) in [6.07, 6.45) is 1.11. The van der Waals surface area contributed by atoms with Crippen LogP contribution in [0.3, 0.4) is 0 Å². The molecule has 2 N–H and O–H groups in total. The molecule has 0 saturated carbocycles. The minimum atomic E-state index is -0.174. The van der Waals surface area contributed by atoms with Crippen LogP contribution in [0.15, 0.2) is 40.8 Å². The monoisotopic (exact) mass is 243 g/mol. The van der Waals surface area contributed by atoms with Crippen LogP contribution in [0.1, 0.15) is 42.5 Å². The molecule has 1 unspecified atom stereocenters. The standard InChI is InChI=1S/C16H21NO/c1-11(2)10-13-5-7-14(8-6-13)16(17)15-9-4-12(3)18-15/h4-9,11,16H,10,17H2,1-3H3. The molecule has 2 rings (SSSR count). The van der Waals surface area contributed by atoms with E-state index in [9.17, 15) is 0 Å². The molecule has 1 atom stereocenters. The van der Waals surface area contributed by atoms with Gasteiger partial charge in [0.2, 0.25) is 0 Å². The quantitative estimate of drug-likeness (QED) is 0.886. The van der Waals surface area contributed by atoms with Gasteiger partial charge in [-0.1, -0.05) is 38.1 Å². The molecular formula is C16H21NO. The number of furan rings is 1. The van der Waals surface area contributed by atoms with Crippen LogP contribution in [-0.2, 0) is 6.42 Å². The fourth-order valence-corrected chi connectivity index (χ4v) is 2.12. The Morgan fingerprint density at radius 3 is 2.22 bits per heavy atom. The largest absolute Gasteiger partial charge is 0.464 e. The van der Waals surface area contributed by atoms with Gasteiger partial charge in [0.15, 0.2) is 0 Å². The second kappa shape index (κ2) is 5.40. The molecule has 2 heteroatoms. The van der Waals surface area contributed by atoms with E-state index in [1.807, 2.05) is 19.1 Å². The van der Waals surface area contributed by atoms with Gasteiger partial charge in [0.05, 0.1) is 6.04 Å². The normalized spacial score (nSPS) is 12.9. The lowest BCUT2D eigenvalue weighted by Gasteiger charge is -2.11. The average molecular weight is 243 g/mol. The summed E-state index contributed by atoms with van der Waals surface area (Å²) >= 11 is 0. The van der Waals surface area contributed by atoms with E-state index in [-0.39, 0.29) is 6.04 Å². The van der Waals surface area contributed by atoms with Crippen molar-refractivity contribution < 1.29 is 4.42 Å². The predicted octanol–water partition coefficient (Wildman–Crippen LogP) is 3.83. The minimum absolute atomic E-state index is 0.174. The van der Waals surface area contributed by atoms with Crippen LogP contribution in [-0.4, -0.2) is 0 Å². The zero-order valence-electron chi connectivity index (χ0n) is 11.3. The van der Waals surface area contributed by atoms with Crippen molar-refractivity contribution in [1.82, 2.24) is 0 Å². The summed E-state index contributed by atoms with van der Waals surface area (Å²) < 4.78 is 5.57. The highest BCUT2D eigenvalue weighted by molar-refractivity contribution is 5.30. The Labute approximate surface area is 109 Å². The van der Waals surface area contributed by atoms with Crippen molar-refractivity contribution in [3.8, 4) is 0 Å². The second-order valence-electron chi connectivity index (χ2n) is 5.27. The maximum atomic E-state index is 6.19. The zero-order valence-corrected chi connectivity index (χ0v) is 11.3. The third kappa shape index (κ3) is 3.02. The Bertz CT molecular complexity index is 496. The van der Waals surface area contributed by atoms with Crippen LogP contribution in [0.25, 0.3) is 0 Å². The highest BCUT2D eigenvalue weighted by atomic mass is 16.3. The van der Waals surface area contributed by atoms with Gasteiger partial charge in [-0.3, -0.25) is 0 Å². The number of nitrogens with two attached hydrogens (primary N) is 1. The third-order valence-electron chi connectivity index (χ3n) is 3.05. The lowest BCUT2D eigenvalue weighted by atomic mass is 9.99. The summed E-state index contributed by atoms with van der Waals surface area (Å²) in [4.78, 5) is 0. The Kier molecular flexibility index (Phi) is 3.87. The molecular weight excluding hydrogens is 222 g/mol. The van der Waals surface area contributed by atoms with Crippen molar-refractivity contribution in [3.63, 3.8) is 0 Å². The van der Waals surface area contributed by atoms with E-state index in [2.05, 4.69) is 38.1 Å². The van der Waals surface area contributed by atoms with Crippen molar-refractivity contribution in [2.45, 2.75) is 33.2 Å². The van der Waals surface area contributed by atoms with E-state index in [4.69, 9.17) is 10.2 Å². The number of hydrogen-bond acceptors (Lipinski definition) is 2. The topological polar surface area (TPSA) is 39.2 Å². The molecule has 0 amide bonds. The van der Waals surface area contributed by atoms with Gasteiger partial charge in [-0.25, -0.2) is 0 Å². The smallest absolute Gasteiger partial charge is 0.125 e. The molecule has 1 aromatic heterocycles. The van der Waals surface area contributed by atoms with Gasteiger partial charge in [-0.2, -0.15) is 0 Å². The number of aryl methyl sites for hydroxylation is 1. The van der Waals surface area contributed by atoms with Crippen molar-refractivity contribution in [2.75, 3.05) is 0 Å². The Balaban J connectivity index is 2.14. The molecule has 0 saturated heterocycles. The first-order valence-electron chi connectivity index (χ1n) is 6.47. The van der Waals surface area contributed by atoms with Crippen LogP contribution in [0.2, 0.25) is 0 Å². The predicted molar refractivity (Wildman–Crippen MR) is 74.5 cm³/mol. The average Bonchev–Trinajstić information content (AvgIpc) is 2.75. The van der Waals surface area contributed by atoms with E-state index >= 15 is 0 Å². The second-order valence-corrected chi connectivity index (χ2v) is 5.27. The molecule has 0 aliphatic rings. The van der Waals surface area contributed by atoms with E-state index in [1.54, 1.807) is 0 Å². The molecule has 18 heavy (non-hydrogen) atoms. The van der Waals surface area contributed by atoms with Crippen LogP contribution in [0.5, 0.6) is 0 Å². The van der Waals surface area contributed by atoms with E-state index < -0.39 is 0 Å². The summed E-state index contributed by atoms with van der Waals surface area (Å²) in [5.41, 5.74) is 8.64. The Morgan fingerprint density at radius 2 is 1.72 bits per heavy atom. The van der Waals surface area contributed by atoms with Gasteiger partial charge in [0.25, 0.3) is 0 Å². The van der Waals surface area contributed by atoms with Gasteiger partial charge in [0, 0.05) is 0 Å². The molecule has 1 heterocycles. The highest BCUT2D eigenvalue weighted by Gasteiger charge is 2.12. The molecule has 0 radical (unpaired) electrons. The van der Waals surface area contributed by atoms with Gasteiger partial charge < -0.3 is 10.2 Å². The van der Waals surface area contributed by atoms with Gasteiger partial charge >= 0.3 is 0 Å². The van der Waals surface area contributed by atoms with Crippen LogP contribution < -0.4 is 5.73 Å². The van der Waals surface area contributed by atoms with E-state index in [0.717, 1.165) is 23.5 Å². The van der Waals surface area contributed by atoms with Crippen molar-refractivity contribution in [2.24, 2.45) is 11.7 Å². The molecule has 0 aliphatic carbocycles. The molecule has 96 valence electrons. The molecule has 2 aromatic rings. The fraction of sp³-hybridized carbons (Fsp3) is 0.375. The van der Waals surface area contributed by atoms with E-state index in [0.29, 0.717) is 5.92 Å². The molecule has 0 bridgehead atoms. The summed E-state index contributed by atoms with van der Waals surface area (Å²) in [6, 6.07) is 12.2. The summed E-state index contributed by atoms with van der Waals surface area (Å²) in [7, 11) is 0. The maximum Gasteiger partial charge on any atom is 0.125 e. The summed E-state index contributed by atoms with van der Waals surface area (Å²) in [6.45, 7) is 6.39. The first-order chi connectivity index (χ1) is 8.56. The number of rotatable bonds is 4. The maximum absolute atomic E-state index is 6.19. The van der Waals surface area contributed by atoms with Crippen LogP contribution >= 0.6 is 0 Å². The van der Waals surface area contributed by atoms with Crippen molar-refractivity contribution in [1.29, 1.82) is 0 Å². The summed E-state index contributed by atoms with van der Waals surface area (Å²) in [5, 5.41) is 0. The van der Waals surface area contributed by atoms with Crippen LogP contribution in [0, 0.1) is 12.8 Å². The van der Waals surface area contributed by atoms with E-state index in [1.165, 1.54) is 5.56 Å². The molecule has 2 nitrogen and oxygen atoms in total. The first kappa shape index (κ1) is 12.9. The lowest BCUT2D eigenvalue weighted by Crippen LogP contribution is -2.10.